The van der Waals surface area contributed by atoms with Crippen LogP contribution in [0.2, 0.25) is 0 Å². The van der Waals surface area contributed by atoms with Gasteiger partial charge in [-0.25, -0.2) is 4.39 Å². The fourth-order valence-electron chi connectivity index (χ4n) is 5.77. The maximum atomic E-state index is 14.0. The number of rotatable bonds is 3. The van der Waals surface area contributed by atoms with Crippen molar-refractivity contribution in [3.8, 4) is 33.4 Å². The average molecular weight is 489 g/mol. The van der Waals surface area contributed by atoms with Gasteiger partial charge >= 0.3 is 0 Å². The van der Waals surface area contributed by atoms with Gasteiger partial charge in [-0.3, -0.25) is 0 Å². The van der Waals surface area contributed by atoms with Crippen molar-refractivity contribution in [3.63, 3.8) is 0 Å². The van der Waals surface area contributed by atoms with Crippen molar-refractivity contribution in [1.82, 2.24) is 0 Å². The van der Waals surface area contributed by atoms with Crippen molar-refractivity contribution in [2.75, 3.05) is 0 Å². The Kier molecular flexibility index (Phi) is 5.30. The normalized spacial score (nSPS) is 11.4. The van der Waals surface area contributed by atoms with Crippen molar-refractivity contribution in [2.45, 2.75) is 6.92 Å². The Labute approximate surface area is 221 Å². The molecule has 180 valence electrons. The minimum Gasteiger partial charge on any atom is -0.207 e. The predicted molar refractivity (Wildman–Crippen MR) is 160 cm³/mol. The van der Waals surface area contributed by atoms with Gasteiger partial charge in [0, 0.05) is 0 Å². The predicted octanol–water partition coefficient (Wildman–Crippen LogP) is 10.6. The van der Waals surface area contributed by atoms with Crippen LogP contribution in [-0.2, 0) is 0 Å². The number of benzene rings is 7. The molecular weight excluding hydrogens is 463 g/mol. The lowest BCUT2D eigenvalue weighted by Crippen LogP contribution is -1.92. The molecule has 0 aromatic heterocycles. The van der Waals surface area contributed by atoms with Crippen molar-refractivity contribution < 1.29 is 4.39 Å². The Morgan fingerprint density at radius 2 is 1.00 bits per heavy atom. The van der Waals surface area contributed by atoms with Crippen LogP contribution in [0.1, 0.15) is 5.56 Å². The topological polar surface area (TPSA) is 0 Å². The quantitative estimate of drug-likeness (QED) is 0.217. The minimum absolute atomic E-state index is 0.227. The molecule has 7 rings (SSSR count). The highest BCUT2D eigenvalue weighted by Crippen LogP contribution is 2.46. The van der Waals surface area contributed by atoms with Crippen LogP contribution in [0.4, 0.5) is 4.39 Å². The molecule has 0 aliphatic carbocycles. The first kappa shape index (κ1) is 22.4. The Hall–Kier alpha value is -4.75. The standard InChI is InChI=1S/C37H25F/c1-24-13-15-25(16-14-24)28-19-22-34-35(23-28)36(27-17-20-29(38)21-18-27)32-10-4-5-11-33(32)37(34)31-12-6-8-26-7-2-3-9-30(26)31/h2-23H,1H3. The third kappa shape index (κ3) is 3.67. The van der Waals surface area contributed by atoms with E-state index in [0.717, 1.165) is 21.9 Å². The highest BCUT2D eigenvalue weighted by atomic mass is 19.1. The summed E-state index contributed by atoms with van der Waals surface area (Å²) in [6.07, 6.45) is 0. The van der Waals surface area contributed by atoms with Gasteiger partial charge in [0.15, 0.2) is 0 Å². The fourth-order valence-corrected chi connectivity index (χ4v) is 5.77. The van der Waals surface area contributed by atoms with E-state index in [1.165, 1.54) is 49.4 Å². The van der Waals surface area contributed by atoms with Gasteiger partial charge in [-0.2, -0.15) is 0 Å². The molecule has 0 nitrogen and oxygen atoms in total. The van der Waals surface area contributed by atoms with Crippen LogP contribution in [0.3, 0.4) is 0 Å². The number of hydrogen-bond acceptors (Lipinski definition) is 0. The molecule has 0 spiro atoms. The second-order valence-corrected chi connectivity index (χ2v) is 9.96. The van der Waals surface area contributed by atoms with E-state index in [2.05, 4.69) is 116 Å². The summed E-state index contributed by atoms with van der Waals surface area (Å²) in [4.78, 5) is 0. The first-order chi connectivity index (χ1) is 18.7. The zero-order valence-corrected chi connectivity index (χ0v) is 21.1. The molecule has 0 amide bonds. The molecule has 0 radical (unpaired) electrons. The van der Waals surface area contributed by atoms with Crippen LogP contribution in [0.15, 0.2) is 133 Å². The van der Waals surface area contributed by atoms with E-state index in [-0.39, 0.29) is 5.82 Å². The molecule has 38 heavy (non-hydrogen) atoms. The summed E-state index contributed by atoms with van der Waals surface area (Å²) < 4.78 is 14.0. The van der Waals surface area contributed by atoms with Gasteiger partial charge in [-0.05, 0) is 90.8 Å². The van der Waals surface area contributed by atoms with Crippen LogP contribution in [0.5, 0.6) is 0 Å². The van der Waals surface area contributed by atoms with Crippen molar-refractivity contribution in [2.24, 2.45) is 0 Å². The first-order valence-corrected chi connectivity index (χ1v) is 13.0. The molecule has 0 bridgehead atoms. The molecule has 0 fully saturated rings. The molecule has 7 aromatic rings. The van der Waals surface area contributed by atoms with Crippen molar-refractivity contribution >= 4 is 32.3 Å². The molecule has 0 heterocycles. The molecule has 0 unspecified atom stereocenters. The van der Waals surface area contributed by atoms with Gasteiger partial charge in [0.25, 0.3) is 0 Å². The van der Waals surface area contributed by atoms with Gasteiger partial charge < -0.3 is 0 Å². The molecular formula is C37H25F. The summed E-state index contributed by atoms with van der Waals surface area (Å²) in [5, 5.41) is 7.17. The molecule has 0 aliphatic rings. The largest absolute Gasteiger partial charge is 0.207 e. The maximum absolute atomic E-state index is 14.0. The van der Waals surface area contributed by atoms with Crippen LogP contribution >= 0.6 is 0 Å². The Balaban J connectivity index is 1.65. The monoisotopic (exact) mass is 488 g/mol. The third-order valence-corrected chi connectivity index (χ3v) is 7.60. The van der Waals surface area contributed by atoms with E-state index >= 15 is 0 Å². The molecule has 0 atom stereocenters. The van der Waals surface area contributed by atoms with E-state index < -0.39 is 0 Å². The lowest BCUT2D eigenvalue weighted by Gasteiger charge is -2.19. The summed E-state index contributed by atoms with van der Waals surface area (Å²) >= 11 is 0. The highest BCUT2D eigenvalue weighted by molar-refractivity contribution is 6.24. The van der Waals surface area contributed by atoms with Gasteiger partial charge in [0.05, 0.1) is 0 Å². The zero-order chi connectivity index (χ0) is 25.6. The van der Waals surface area contributed by atoms with Gasteiger partial charge in [0.2, 0.25) is 0 Å². The Morgan fingerprint density at radius 3 is 1.76 bits per heavy atom. The first-order valence-electron chi connectivity index (χ1n) is 13.0. The van der Waals surface area contributed by atoms with E-state index in [1.807, 2.05) is 12.1 Å². The Morgan fingerprint density at radius 1 is 0.421 bits per heavy atom. The van der Waals surface area contributed by atoms with E-state index in [9.17, 15) is 4.39 Å². The Bertz CT molecular complexity index is 1960. The molecule has 0 aliphatic heterocycles. The number of hydrogen-bond donors (Lipinski definition) is 0. The SMILES string of the molecule is Cc1ccc(-c2ccc3c(-c4cccc5ccccc45)c4ccccc4c(-c4ccc(F)cc4)c3c2)cc1. The molecule has 7 aromatic carbocycles. The maximum Gasteiger partial charge on any atom is 0.123 e. The molecule has 0 saturated heterocycles. The zero-order valence-electron chi connectivity index (χ0n) is 21.1. The number of halogens is 1. The van der Waals surface area contributed by atoms with Crippen LogP contribution in [0.25, 0.3) is 65.7 Å². The minimum atomic E-state index is -0.227. The van der Waals surface area contributed by atoms with Crippen LogP contribution in [-0.4, -0.2) is 0 Å². The van der Waals surface area contributed by atoms with Crippen molar-refractivity contribution in [3.05, 3.63) is 145 Å². The van der Waals surface area contributed by atoms with E-state index in [4.69, 9.17) is 0 Å². The highest BCUT2D eigenvalue weighted by Gasteiger charge is 2.18. The summed E-state index contributed by atoms with van der Waals surface area (Å²) in [6, 6.07) is 46.1. The van der Waals surface area contributed by atoms with E-state index in [1.54, 1.807) is 12.1 Å². The summed E-state index contributed by atoms with van der Waals surface area (Å²) in [5.74, 6) is -0.227. The summed E-state index contributed by atoms with van der Waals surface area (Å²) in [7, 11) is 0. The van der Waals surface area contributed by atoms with Crippen LogP contribution in [0, 0.1) is 12.7 Å². The average Bonchev–Trinajstić information content (AvgIpc) is 2.96. The second kappa shape index (κ2) is 8.97. The van der Waals surface area contributed by atoms with Gasteiger partial charge in [0.1, 0.15) is 5.82 Å². The fraction of sp³-hybridized carbons (Fsp3) is 0.0270. The van der Waals surface area contributed by atoms with Gasteiger partial charge in [-0.1, -0.05) is 121 Å². The molecule has 0 saturated carbocycles. The summed E-state index contributed by atoms with van der Waals surface area (Å²) in [5.41, 5.74) is 8.19. The number of aryl methyl sites for hydroxylation is 1. The number of fused-ring (bicyclic) bond motifs is 3. The van der Waals surface area contributed by atoms with Crippen molar-refractivity contribution in [1.29, 1.82) is 0 Å². The lowest BCUT2D eigenvalue weighted by molar-refractivity contribution is 0.628. The van der Waals surface area contributed by atoms with E-state index in [0.29, 0.717) is 0 Å². The summed E-state index contributed by atoms with van der Waals surface area (Å²) in [6.45, 7) is 2.11. The molecule has 0 N–H and O–H groups in total. The second-order valence-electron chi connectivity index (χ2n) is 9.96. The van der Waals surface area contributed by atoms with Crippen LogP contribution < -0.4 is 0 Å². The molecule has 1 heteroatoms. The third-order valence-electron chi connectivity index (χ3n) is 7.60. The lowest BCUT2D eigenvalue weighted by atomic mass is 9.84. The van der Waals surface area contributed by atoms with Gasteiger partial charge in [-0.15, -0.1) is 0 Å². The smallest absolute Gasteiger partial charge is 0.123 e.